The lowest BCUT2D eigenvalue weighted by atomic mass is 10.2. The molecule has 3 aromatic rings. The lowest BCUT2D eigenvalue weighted by Crippen LogP contribution is -2.14. The Morgan fingerprint density at radius 1 is 1.16 bits per heavy atom. The fourth-order valence-corrected chi connectivity index (χ4v) is 2.24. The van der Waals surface area contributed by atoms with E-state index in [0.717, 1.165) is 5.69 Å². The molecule has 3 rings (SSSR count). The van der Waals surface area contributed by atoms with Gasteiger partial charge in [0.1, 0.15) is 5.65 Å². The van der Waals surface area contributed by atoms with Crippen LogP contribution in [0.15, 0.2) is 38.3 Å². The molecule has 0 spiro atoms. The van der Waals surface area contributed by atoms with Crippen molar-refractivity contribution in [1.82, 2.24) is 9.55 Å². The Kier molecular flexibility index (Phi) is 2.48. The van der Waals surface area contributed by atoms with Gasteiger partial charge in [-0.1, -0.05) is 0 Å². The summed E-state index contributed by atoms with van der Waals surface area (Å²) in [5.74, 6) is 0. The van der Waals surface area contributed by atoms with Crippen LogP contribution >= 0.6 is 0 Å². The zero-order valence-corrected chi connectivity index (χ0v) is 10.6. The second-order valence-corrected chi connectivity index (χ2v) is 4.37. The van der Waals surface area contributed by atoms with E-state index in [9.17, 15) is 9.59 Å². The van der Waals surface area contributed by atoms with Crippen LogP contribution in [0.3, 0.4) is 0 Å². The maximum Gasteiger partial charge on any atom is 0.337 e. The van der Waals surface area contributed by atoms with E-state index in [1.54, 1.807) is 16.7 Å². The number of hydrogen-bond acceptors (Lipinski definition) is 4. The van der Waals surface area contributed by atoms with E-state index in [0.29, 0.717) is 23.0 Å². The zero-order valence-electron chi connectivity index (χ0n) is 10.6. The van der Waals surface area contributed by atoms with Crippen LogP contribution in [0.5, 0.6) is 0 Å². The molecule has 0 aliphatic rings. The number of nitrogens with zero attached hydrogens (tertiary/aromatic N) is 2. The van der Waals surface area contributed by atoms with Crippen molar-refractivity contribution in [3.63, 3.8) is 0 Å². The minimum atomic E-state index is -0.471. The van der Waals surface area contributed by atoms with Gasteiger partial charge in [0.25, 0.3) is 0 Å². The molecule has 0 aliphatic carbocycles. The van der Waals surface area contributed by atoms with E-state index >= 15 is 0 Å². The van der Waals surface area contributed by atoms with Gasteiger partial charge in [-0.3, -0.25) is 9.36 Å². The highest BCUT2D eigenvalue weighted by atomic mass is 16.4. The second kappa shape index (κ2) is 4.05. The minimum absolute atomic E-state index is 0.161. The van der Waals surface area contributed by atoms with E-state index in [2.05, 4.69) is 4.98 Å². The lowest BCUT2D eigenvalue weighted by Gasteiger charge is -2.10. The van der Waals surface area contributed by atoms with Gasteiger partial charge >= 0.3 is 5.63 Å². The summed E-state index contributed by atoms with van der Waals surface area (Å²) in [5, 5.41) is 0.938. The van der Waals surface area contributed by atoms with E-state index in [1.165, 1.54) is 12.1 Å². The summed E-state index contributed by atoms with van der Waals surface area (Å²) in [7, 11) is 0. The molecular weight excluding hydrogens is 244 g/mol. The van der Waals surface area contributed by atoms with Crippen LogP contribution < -0.4 is 11.1 Å². The largest absolute Gasteiger partial charge is 0.405 e. The quantitative estimate of drug-likeness (QED) is 0.623. The molecule has 3 heterocycles. The molecule has 0 bridgehead atoms. The molecule has 0 amide bonds. The summed E-state index contributed by atoms with van der Waals surface area (Å²) in [6.45, 7) is 4.34. The van der Waals surface area contributed by atoms with E-state index in [4.69, 9.17) is 4.42 Å². The van der Waals surface area contributed by atoms with Gasteiger partial charge in [-0.2, -0.15) is 0 Å². The zero-order chi connectivity index (χ0) is 13.6. The fourth-order valence-electron chi connectivity index (χ4n) is 2.24. The van der Waals surface area contributed by atoms with Gasteiger partial charge in [-0.15, -0.1) is 0 Å². The SMILES string of the molecule is CCn1c2nc(C)ccc2c(=O)c2ccc(=O)oc21. The summed E-state index contributed by atoms with van der Waals surface area (Å²) < 4.78 is 6.93. The molecule has 19 heavy (non-hydrogen) atoms. The van der Waals surface area contributed by atoms with Crippen LogP contribution in [0.1, 0.15) is 12.6 Å². The molecule has 0 aliphatic heterocycles. The van der Waals surface area contributed by atoms with E-state index in [-0.39, 0.29) is 11.1 Å². The Morgan fingerprint density at radius 2 is 1.89 bits per heavy atom. The number of fused-ring (bicyclic) bond motifs is 2. The van der Waals surface area contributed by atoms with Crippen molar-refractivity contribution in [2.75, 3.05) is 0 Å². The van der Waals surface area contributed by atoms with Crippen molar-refractivity contribution in [2.24, 2.45) is 0 Å². The van der Waals surface area contributed by atoms with Crippen molar-refractivity contribution in [3.8, 4) is 0 Å². The average molecular weight is 256 g/mol. The minimum Gasteiger partial charge on any atom is -0.405 e. The second-order valence-electron chi connectivity index (χ2n) is 4.37. The molecule has 0 radical (unpaired) electrons. The molecule has 0 fully saturated rings. The van der Waals surface area contributed by atoms with Crippen LogP contribution in [-0.2, 0) is 6.54 Å². The fraction of sp³-hybridized carbons (Fsp3) is 0.214. The summed E-state index contributed by atoms with van der Waals surface area (Å²) >= 11 is 0. The molecule has 0 atom stereocenters. The first kappa shape index (κ1) is 11.6. The monoisotopic (exact) mass is 256 g/mol. The summed E-state index contributed by atoms with van der Waals surface area (Å²) in [6.07, 6.45) is 0. The first-order chi connectivity index (χ1) is 9.11. The standard InChI is InChI=1S/C14H12N2O3/c1-3-16-13-9(5-4-8(2)15-13)12(18)10-6-7-11(17)19-14(10)16/h4-7H,3H2,1-2H3. The highest BCUT2D eigenvalue weighted by molar-refractivity contribution is 5.88. The van der Waals surface area contributed by atoms with Gasteiger partial charge in [-0.25, -0.2) is 9.78 Å². The van der Waals surface area contributed by atoms with Gasteiger partial charge in [0.15, 0.2) is 0 Å². The Hall–Kier alpha value is -2.43. The molecule has 3 aromatic heterocycles. The third-order valence-electron chi connectivity index (χ3n) is 3.13. The Morgan fingerprint density at radius 3 is 2.63 bits per heavy atom. The normalized spacial score (nSPS) is 11.3. The molecule has 5 heteroatoms. The average Bonchev–Trinajstić information content (AvgIpc) is 2.39. The highest BCUT2D eigenvalue weighted by Crippen LogP contribution is 2.16. The van der Waals surface area contributed by atoms with Crippen LogP contribution in [0.4, 0.5) is 0 Å². The van der Waals surface area contributed by atoms with Crippen molar-refractivity contribution in [3.05, 3.63) is 50.6 Å². The summed E-state index contributed by atoms with van der Waals surface area (Å²) in [6, 6.07) is 6.33. The van der Waals surface area contributed by atoms with E-state index in [1.807, 2.05) is 13.8 Å². The Labute approximate surface area is 108 Å². The molecule has 0 saturated heterocycles. The number of pyridine rings is 2. The van der Waals surface area contributed by atoms with Crippen LogP contribution in [0.25, 0.3) is 22.1 Å². The van der Waals surface area contributed by atoms with Gasteiger partial charge in [0, 0.05) is 18.3 Å². The maximum absolute atomic E-state index is 12.4. The van der Waals surface area contributed by atoms with Gasteiger partial charge in [-0.05, 0) is 32.0 Å². The van der Waals surface area contributed by atoms with Gasteiger partial charge < -0.3 is 4.42 Å². The highest BCUT2D eigenvalue weighted by Gasteiger charge is 2.13. The maximum atomic E-state index is 12.4. The molecule has 0 unspecified atom stereocenters. The van der Waals surface area contributed by atoms with E-state index < -0.39 is 5.63 Å². The molecule has 96 valence electrons. The van der Waals surface area contributed by atoms with Crippen molar-refractivity contribution in [1.29, 1.82) is 0 Å². The topological polar surface area (TPSA) is 65.1 Å². The molecule has 0 aromatic carbocycles. The first-order valence-corrected chi connectivity index (χ1v) is 6.06. The number of aryl methyl sites for hydroxylation is 2. The third-order valence-corrected chi connectivity index (χ3v) is 3.13. The van der Waals surface area contributed by atoms with Gasteiger partial charge in [0.2, 0.25) is 11.1 Å². The first-order valence-electron chi connectivity index (χ1n) is 6.06. The smallest absolute Gasteiger partial charge is 0.337 e. The van der Waals surface area contributed by atoms with Crippen molar-refractivity contribution < 1.29 is 4.42 Å². The van der Waals surface area contributed by atoms with Crippen LogP contribution in [-0.4, -0.2) is 9.55 Å². The number of hydrogen-bond donors (Lipinski definition) is 0. The lowest BCUT2D eigenvalue weighted by molar-refractivity contribution is 0.525. The molecular formula is C14H12N2O3. The molecule has 5 nitrogen and oxygen atoms in total. The molecule has 0 N–H and O–H groups in total. The van der Waals surface area contributed by atoms with Gasteiger partial charge in [0.05, 0.1) is 10.8 Å². The Bertz CT molecular complexity index is 906. The Balaban J connectivity index is 2.68. The molecule has 0 saturated carbocycles. The summed E-state index contributed by atoms with van der Waals surface area (Å²) in [5.41, 5.74) is 1.01. The number of aromatic nitrogens is 2. The predicted molar refractivity (Wildman–Crippen MR) is 72.5 cm³/mol. The van der Waals surface area contributed by atoms with Crippen LogP contribution in [0.2, 0.25) is 0 Å². The van der Waals surface area contributed by atoms with Crippen molar-refractivity contribution in [2.45, 2.75) is 20.4 Å². The van der Waals surface area contributed by atoms with Crippen LogP contribution in [0, 0.1) is 6.92 Å². The van der Waals surface area contributed by atoms with Crippen molar-refractivity contribution >= 4 is 22.1 Å². The predicted octanol–water partition coefficient (Wildman–Crippen LogP) is 1.83. The summed E-state index contributed by atoms with van der Waals surface area (Å²) in [4.78, 5) is 28.1. The number of rotatable bonds is 1. The third kappa shape index (κ3) is 1.66.